The smallest absolute Gasteiger partial charge is 0.160 e. The molecule has 55 heavy (non-hydrogen) atoms. The minimum absolute atomic E-state index is 0.656. The fourth-order valence-electron chi connectivity index (χ4n) is 8.51. The summed E-state index contributed by atoms with van der Waals surface area (Å²) in [7, 11) is 0. The molecule has 12 aromatic rings. The number of fused-ring (bicyclic) bond motifs is 12. The molecule has 5 heteroatoms. The van der Waals surface area contributed by atoms with Crippen molar-refractivity contribution in [3.63, 3.8) is 0 Å². The van der Waals surface area contributed by atoms with E-state index in [-0.39, 0.29) is 0 Å². The first-order valence-corrected chi connectivity index (χ1v) is 18.5. The predicted molar refractivity (Wildman–Crippen MR) is 225 cm³/mol. The lowest BCUT2D eigenvalue weighted by Gasteiger charge is -2.15. The summed E-state index contributed by atoms with van der Waals surface area (Å²) in [5, 5.41) is 8.73. The van der Waals surface area contributed by atoms with Gasteiger partial charge in [0.25, 0.3) is 0 Å². The van der Waals surface area contributed by atoms with Crippen LogP contribution in [0.3, 0.4) is 0 Å². The zero-order valence-electron chi connectivity index (χ0n) is 29.4. The SMILES string of the molecule is c1ccc(-c2cc(-c3ccccc3)nc(-c3ccc4c(c3)c(-n3c5ccccc5c5ccc6oc7ccccc7c6c53)cc3c5ccccc5oc43)n2)cc1. The Morgan fingerprint density at radius 2 is 1.00 bits per heavy atom. The number of para-hydroxylation sites is 3. The average Bonchev–Trinajstić information content (AvgIpc) is 3.93. The van der Waals surface area contributed by atoms with Crippen LogP contribution in [-0.2, 0) is 0 Å². The van der Waals surface area contributed by atoms with E-state index >= 15 is 0 Å². The Labute approximate surface area is 314 Å². The molecule has 0 fully saturated rings. The van der Waals surface area contributed by atoms with E-state index in [1.54, 1.807) is 0 Å². The quantitative estimate of drug-likeness (QED) is 0.183. The highest BCUT2D eigenvalue weighted by atomic mass is 16.3. The van der Waals surface area contributed by atoms with Crippen molar-refractivity contribution in [3.8, 4) is 39.6 Å². The van der Waals surface area contributed by atoms with E-state index in [0.29, 0.717) is 5.82 Å². The van der Waals surface area contributed by atoms with Crippen LogP contribution >= 0.6 is 0 Å². The molecular weight excluding hydrogens is 675 g/mol. The monoisotopic (exact) mass is 703 g/mol. The molecule has 0 unspecified atom stereocenters. The highest BCUT2D eigenvalue weighted by Crippen LogP contribution is 2.45. The normalized spacial score (nSPS) is 12.0. The number of hydrogen-bond acceptors (Lipinski definition) is 4. The van der Waals surface area contributed by atoms with Gasteiger partial charge in [-0.25, -0.2) is 9.97 Å². The zero-order valence-corrected chi connectivity index (χ0v) is 29.4. The Hall–Kier alpha value is -7.50. The van der Waals surface area contributed by atoms with E-state index in [2.05, 4.69) is 120 Å². The minimum Gasteiger partial charge on any atom is -0.456 e. The van der Waals surface area contributed by atoms with Gasteiger partial charge in [-0.3, -0.25) is 0 Å². The summed E-state index contributed by atoms with van der Waals surface area (Å²) in [6.07, 6.45) is 0. The number of benzene rings is 8. The van der Waals surface area contributed by atoms with Crippen LogP contribution in [0, 0.1) is 0 Å². The maximum Gasteiger partial charge on any atom is 0.160 e. The molecule has 12 rings (SSSR count). The second-order valence-electron chi connectivity index (χ2n) is 14.1. The summed E-state index contributed by atoms with van der Waals surface area (Å²) < 4.78 is 15.6. The maximum atomic E-state index is 6.67. The van der Waals surface area contributed by atoms with Crippen molar-refractivity contribution < 1.29 is 8.83 Å². The summed E-state index contributed by atoms with van der Waals surface area (Å²) >= 11 is 0. The Morgan fingerprint density at radius 1 is 0.382 bits per heavy atom. The molecule has 0 aliphatic carbocycles. The van der Waals surface area contributed by atoms with Crippen LogP contribution in [-0.4, -0.2) is 14.5 Å². The van der Waals surface area contributed by atoms with Crippen LogP contribution in [0.4, 0.5) is 0 Å². The second kappa shape index (κ2) is 11.5. The van der Waals surface area contributed by atoms with E-state index in [0.717, 1.165) is 99.4 Å². The lowest BCUT2D eigenvalue weighted by molar-refractivity contribution is 0.669. The standard InChI is InChI=1S/C50H29N3O2/c1-3-13-30(14-4-1)40-29-41(31-15-5-2-6-16-31)52-50(51-40)32-23-24-36-38(27-32)43(28-39-34-18-8-11-21-44(34)55-49(36)39)53-42-20-10-7-17-33(42)35-25-26-46-47(48(35)53)37-19-9-12-22-45(37)54-46/h1-29H. The summed E-state index contributed by atoms with van der Waals surface area (Å²) in [5.41, 5.74) is 11.4. The molecule has 0 saturated carbocycles. The van der Waals surface area contributed by atoms with Gasteiger partial charge in [-0.05, 0) is 54.6 Å². The van der Waals surface area contributed by atoms with Crippen molar-refractivity contribution >= 4 is 76.5 Å². The molecule has 0 saturated heterocycles. The van der Waals surface area contributed by atoms with Crippen LogP contribution in [0.5, 0.6) is 0 Å². The number of rotatable bonds is 4. The maximum absolute atomic E-state index is 6.67. The first kappa shape index (κ1) is 30.0. The third kappa shape index (κ3) is 4.47. The van der Waals surface area contributed by atoms with Gasteiger partial charge in [0.1, 0.15) is 22.3 Å². The van der Waals surface area contributed by atoms with Crippen LogP contribution in [0.1, 0.15) is 0 Å². The van der Waals surface area contributed by atoms with Crippen LogP contribution in [0.15, 0.2) is 185 Å². The van der Waals surface area contributed by atoms with Gasteiger partial charge in [0.05, 0.1) is 33.5 Å². The molecule has 0 radical (unpaired) electrons. The summed E-state index contributed by atoms with van der Waals surface area (Å²) in [6, 6.07) is 61.2. The van der Waals surface area contributed by atoms with E-state index < -0.39 is 0 Å². The number of furan rings is 2. The molecule has 0 aliphatic heterocycles. The van der Waals surface area contributed by atoms with Crippen molar-refractivity contribution in [2.45, 2.75) is 0 Å². The lowest BCUT2D eigenvalue weighted by Crippen LogP contribution is -1.98. The molecule has 5 nitrogen and oxygen atoms in total. The molecule has 256 valence electrons. The fraction of sp³-hybridized carbons (Fsp3) is 0. The molecule has 0 aliphatic rings. The van der Waals surface area contributed by atoms with Crippen LogP contribution in [0.2, 0.25) is 0 Å². The van der Waals surface area contributed by atoms with E-state index in [4.69, 9.17) is 18.8 Å². The third-order valence-electron chi connectivity index (χ3n) is 11.0. The Bertz CT molecular complexity index is 3430. The first-order valence-electron chi connectivity index (χ1n) is 18.5. The van der Waals surface area contributed by atoms with Gasteiger partial charge >= 0.3 is 0 Å². The minimum atomic E-state index is 0.656. The first-order chi connectivity index (χ1) is 27.3. The molecule has 0 N–H and O–H groups in total. The molecular formula is C50H29N3O2. The topological polar surface area (TPSA) is 57.0 Å². The van der Waals surface area contributed by atoms with Gasteiger partial charge < -0.3 is 13.4 Å². The van der Waals surface area contributed by atoms with Gasteiger partial charge in [-0.2, -0.15) is 0 Å². The van der Waals surface area contributed by atoms with Gasteiger partial charge in [0.2, 0.25) is 0 Å². The van der Waals surface area contributed by atoms with Gasteiger partial charge in [0, 0.05) is 54.4 Å². The third-order valence-corrected chi connectivity index (χ3v) is 11.0. The van der Waals surface area contributed by atoms with Crippen LogP contribution < -0.4 is 0 Å². The molecule has 4 aromatic heterocycles. The zero-order chi connectivity index (χ0) is 36.0. The summed E-state index contributed by atoms with van der Waals surface area (Å²) in [4.78, 5) is 10.4. The molecule has 0 spiro atoms. The Balaban J connectivity index is 1.22. The van der Waals surface area contributed by atoms with E-state index in [9.17, 15) is 0 Å². The highest BCUT2D eigenvalue weighted by molar-refractivity contribution is 6.26. The summed E-state index contributed by atoms with van der Waals surface area (Å²) in [6.45, 7) is 0. The summed E-state index contributed by atoms with van der Waals surface area (Å²) in [5.74, 6) is 0.656. The van der Waals surface area contributed by atoms with E-state index in [1.165, 1.54) is 10.8 Å². The molecule has 8 aromatic carbocycles. The largest absolute Gasteiger partial charge is 0.456 e. The fourth-order valence-corrected chi connectivity index (χ4v) is 8.51. The Morgan fingerprint density at radius 3 is 1.75 bits per heavy atom. The molecule has 4 heterocycles. The lowest BCUT2D eigenvalue weighted by atomic mass is 10.00. The highest BCUT2D eigenvalue weighted by Gasteiger charge is 2.23. The number of nitrogens with zero attached hydrogens (tertiary/aromatic N) is 3. The number of aromatic nitrogens is 3. The average molecular weight is 704 g/mol. The predicted octanol–water partition coefficient (Wildman–Crippen LogP) is 13.5. The van der Waals surface area contributed by atoms with Crippen molar-refractivity contribution in [2.24, 2.45) is 0 Å². The molecule has 0 amide bonds. The van der Waals surface area contributed by atoms with Gasteiger partial charge in [-0.1, -0.05) is 121 Å². The van der Waals surface area contributed by atoms with E-state index in [1.807, 2.05) is 60.7 Å². The van der Waals surface area contributed by atoms with Gasteiger partial charge in [0.15, 0.2) is 5.82 Å². The number of hydrogen-bond donors (Lipinski definition) is 0. The molecule has 0 bridgehead atoms. The van der Waals surface area contributed by atoms with Crippen molar-refractivity contribution in [3.05, 3.63) is 176 Å². The van der Waals surface area contributed by atoms with Crippen molar-refractivity contribution in [2.75, 3.05) is 0 Å². The van der Waals surface area contributed by atoms with Gasteiger partial charge in [-0.15, -0.1) is 0 Å². The second-order valence-corrected chi connectivity index (χ2v) is 14.1. The van der Waals surface area contributed by atoms with Crippen LogP contribution in [0.25, 0.3) is 116 Å². The Kier molecular flexibility index (Phi) is 6.27. The van der Waals surface area contributed by atoms with Crippen molar-refractivity contribution in [1.82, 2.24) is 14.5 Å². The van der Waals surface area contributed by atoms with Crippen molar-refractivity contribution in [1.29, 1.82) is 0 Å². The molecule has 0 atom stereocenters.